The molecule has 1 aromatic heterocycles. The number of carbonyl (C=O) groups excluding carboxylic acids is 1. The Morgan fingerprint density at radius 2 is 2.29 bits per heavy atom. The van der Waals surface area contributed by atoms with Gasteiger partial charge in [-0.25, -0.2) is 0 Å². The van der Waals surface area contributed by atoms with Gasteiger partial charge < -0.3 is 15.8 Å². The minimum Gasteiger partial charge on any atom is -0.384 e. The van der Waals surface area contributed by atoms with Gasteiger partial charge in [0.25, 0.3) is 0 Å². The average Bonchev–Trinajstić information content (AvgIpc) is 2.57. The van der Waals surface area contributed by atoms with Gasteiger partial charge >= 0.3 is 0 Å². The Bertz CT molecular complexity index is 398. The third-order valence-corrected chi connectivity index (χ3v) is 2.68. The smallest absolute Gasteiger partial charge is 0.223 e. The number of aryl methyl sites for hydroxylation is 1. The van der Waals surface area contributed by atoms with Gasteiger partial charge in [0.05, 0.1) is 18.2 Å². The first-order valence-corrected chi connectivity index (χ1v) is 5.44. The molecule has 0 fully saturated rings. The second kappa shape index (κ2) is 5.18. The van der Waals surface area contributed by atoms with E-state index in [9.17, 15) is 4.79 Å². The standard InChI is InChI=1S/C11H20N4O2/c1-11(2,17-4)5-9(16)13-6-8-7-14-15(3)10(8)12/h7H,5-6,12H2,1-4H3,(H,13,16). The number of methoxy groups -OCH3 is 1. The average molecular weight is 240 g/mol. The number of hydrogen-bond donors (Lipinski definition) is 2. The second-order valence-electron chi connectivity index (χ2n) is 4.60. The van der Waals surface area contributed by atoms with E-state index in [1.165, 1.54) is 0 Å². The molecule has 6 heteroatoms. The van der Waals surface area contributed by atoms with Gasteiger partial charge in [0.15, 0.2) is 0 Å². The summed E-state index contributed by atoms with van der Waals surface area (Å²) in [6, 6.07) is 0. The molecule has 0 spiro atoms. The molecule has 6 nitrogen and oxygen atoms in total. The molecule has 0 saturated carbocycles. The number of aromatic nitrogens is 2. The summed E-state index contributed by atoms with van der Waals surface area (Å²) in [6.07, 6.45) is 1.96. The lowest BCUT2D eigenvalue weighted by Gasteiger charge is -2.21. The summed E-state index contributed by atoms with van der Waals surface area (Å²) in [5.74, 6) is 0.497. The summed E-state index contributed by atoms with van der Waals surface area (Å²) >= 11 is 0. The number of nitrogens with one attached hydrogen (secondary N) is 1. The molecule has 0 unspecified atom stereocenters. The Morgan fingerprint density at radius 1 is 1.65 bits per heavy atom. The molecular formula is C11H20N4O2. The van der Waals surface area contributed by atoms with Crippen molar-refractivity contribution < 1.29 is 9.53 Å². The van der Waals surface area contributed by atoms with E-state index in [0.29, 0.717) is 18.8 Å². The van der Waals surface area contributed by atoms with Crippen molar-refractivity contribution in [3.63, 3.8) is 0 Å². The molecule has 17 heavy (non-hydrogen) atoms. The Labute approximate surface area is 101 Å². The third-order valence-electron chi connectivity index (χ3n) is 2.68. The zero-order chi connectivity index (χ0) is 13.1. The van der Waals surface area contributed by atoms with E-state index in [-0.39, 0.29) is 5.91 Å². The number of hydrogen-bond acceptors (Lipinski definition) is 4. The van der Waals surface area contributed by atoms with Crippen molar-refractivity contribution in [1.29, 1.82) is 0 Å². The van der Waals surface area contributed by atoms with Crippen molar-refractivity contribution >= 4 is 11.7 Å². The summed E-state index contributed by atoms with van der Waals surface area (Å²) in [5.41, 5.74) is 6.13. The summed E-state index contributed by atoms with van der Waals surface area (Å²) in [6.45, 7) is 4.12. The number of anilines is 1. The van der Waals surface area contributed by atoms with Crippen molar-refractivity contribution in [2.45, 2.75) is 32.4 Å². The monoisotopic (exact) mass is 240 g/mol. The highest BCUT2D eigenvalue weighted by Gasteiger charge is 2.21. The molecule has 96 valence electrons. The zero-order valence-corrected chi connectivity index (χ0v) is 10.8. The Balaban J connectivity index is 2.46. The number of nitrogen functional groups attached to an aromatic ring is 1. The number of nitrogens with two attached hydrogens (primary N) is 1. The summed E-state index contributed by atoms with van der Waals surface area (Å²) in [5, 5.41) is 6.79. The normalized spacial score (nSPS) is 11.5. The number of amides is 1. The van der Waals surface area contributed by atoms with Crippen LogP contribution in [0.5, 0.6) is 0 Å². The quantitative estimate of drug-likeness (QED) is 0.782. The van der Waals surface area contributed by atoms with E-state index in [1.54, 1.807) is 25.0 Å². The molecule has 0 aliphatic carbocycles. The van der Waals surface area contributed by atoms with Crippen LogP contribution in [0.2, 0.25) is 0 Å². The summed E-state index contributed by atoms with van der Waals surface area (Å²) in [7, 11) is 3.35. The van der Waals surface area contributed by atoms with Gasteiger partial charge in [-0.1, -0.05) is 0 Å². The first kappa shape index (κ1) is 13.5. The maximum atomic E-state index is 11.6. The first-order chi connectivity index (χ1) is 7.85. The van der Waals surface area contributed by atoms with Crippen molar-refractivity contribution in [1.82, 2.24) is 15.1 Å². The fourth-order valence-corrected chi connectivity index (χ4v) is 1.34. The largest absolute Gasteiger partial charge is 0.384 e. The van der Waals surface area contributed by atoms with Gasteiger partial charge in [-0.05, 0) is 13.8 Å². The van der Waals surface area contributed by atoms with Crippen LogP contribution in [0, 0.1) is 0 Å². The molecule has 0 aliphatic rings. The van der Waals surface area contributed by atoms with Crippen molar-refractivity contribution in [3.8, 4) is 0 Å². The van der Waals surface area contributed by atoms with Crippen molar-refractivity contribution in [2.24, 2.45) is 7.05 Å². The Kier molecular flexibility index (Phi) is 4.11. The SMILES string of the molecule is COC(C)(C)CC(=O)NCc1cnn(C)c1N. The Hall–Kier alpha value is -1.56. The zero-order valence-electron chi connectivity index (χ0n) is 10.8. The van der Waals surface area contributed by atoms with Crippen LogP contribution in [0.1, 0.15) is 25.8 Å². The maximum absolute atomic E-state index is 11.6. The molecule has 0 bridgehead atoms. The minimum atomic E-state index is -0.454. The second-order valence-corrected chi connectivity index (χ2v) is 4.60. The van der Waals surface area contributed by atoms with Crippen LogP contribution in [0.4, 0.5) is 5.82 Å². The molecule has 1 aromatic rings. The van der Waals surface area contributed by atoms with Crippen LogP contribution in [0.25, 0.3) is 0 Å². The molecule has 0 aromatic carbocycles. The highest BCUT2D eigenvalue weighted by molar-refractivity contribution is 5.77. The number of rotatable bonds is 5. The van der Waals surface area contributed by atoms with Gasteiger partial charge in [-0.2, -0.15) is 5.10 Å². The van der Waals surface area contributed by atoms with E-state index in [2.05, 4.69) is 10.4 Å². The van der Waals surface area contributed by atoms with Crippen LogP contribution in [0.3, 0.4) is 0 Å². The predicted molar refractivity (Wildman–Crippen MR) is 65.2 cm³/mol. The molecular weight excluding hydrogens is 220 g/mol. The highest BCUT2D eigenvalue weighted by Crippen LogP contribution is 2.13. The van der Waals surface area contributed by atoms with Gasteiger partial charge in [0, 0.05) is 26.3 Å². The molecule has 0 aliphatic heterocycles. The number of ether oxygens (including phenoxy) is 1. The van der Waals surface area contributed by atoms with Crippen LogP contribution in [-0.2, 0) is 23.1 Å². The molecule has 0 atom stereocenters. The molecule has 3 N–H and O–H groups in total. The highest BCUT2D eigenvalue weighted by atomic mass is 16.5. The van der Waals surface area contributed by atoms with Gasteiger partial charge in [-0.3, -0.25) is 9.48 Å². The van der Waals surface area contributed by atoms with Crippen molar-refractivity contribution in [2.75, 3.05) is 12.8 Å². The molecule has 1 heterocycles. The van der Waals surface area contributed by atoms with E-state index in [1.807, 2.05) is 13.8 Å². The molecule has 1 amide bonds. The minimum absolute atomic E-state index is 0.0693. The van der Waals surface area contributed by atoms with E-state index >= 15 is 0 Å². The van der Waals surface area contributed by atoms with Crippen molar-refractivity contribution in [3.05, 3.63) is 11.8 Å². The summed E-state index contributed by atoms with van der Waals surface area (Å²) < 4.78 is 6.76. The van der Waals surface area contributed by atoms with Gasteiger partial charge in [-0.15, -0.1) is 0 Å². The molecule has 0 radical (unpaired) electrons. The first-order valence-electron chi connectivity index (χ1n) is 5.44. The van der Waals surface area contributed by atoms with Crippen LogP contribution in [0.15, 0.2) is 6.20 Å². The lowest BCUT2D eigenvalue weighted by Crippen LogP contribution is -2.33. The van der Waals surface area contributed by atoms with Crippen LogP contribution < -0.4 is 11.1 Å². The lowest BCUT2D eigenvalue weighted by molar-refractivity contribution is -0.126. The number of carbonyl (C=O) groups is 1. The topological polar surface area (TPSA) is 82.2 Å². The maximum Gasteiger partial charge on any atom is 0.223 e. The van der Waals surface area contributed by atoms with E-state index < -0.39 is 5.60 Å². The van der Waals surface area contributed by atoms with E-state index in [4.69, 9.17) is 10.5 Å². The van der Waals surface area contributed by atoms with E-state index in [0.717, 1.165) is 5.56 Å². The number of nitrogens with zero attached hydrogens (tertiary/aromatic N) is 2. The lowest BCUT2D eigenvalue weighted by atomic mass is 10.0. The Morgan fingerprint density at radius 3 is 2.76 bits per heavy atom. The summed E-state index contributed by atoms with van der Waals surface area (Å²) in [4.78, 5) is 11.6. The third kappa shape index (κ3) is 3.74. The molecule has 1 rings (SSSR count). The van der Waals surface area contributed by atoms with Crippen LogP contribution in [-0.4, -0.2) is 28.4 Å². The fourth-order valence-electron chi connectivity index (χ4n) is 1.34. The predicted octanol–water partition coefficient (Wildman–Crippen LogP) is 0.434. The fraction of sp³-hybridized carbons (Fsp3) is 0.636. The van der Waals surface area contributed by atoms with Crippen LogP contribution >= 0.6 is 0 Å². The van der Waals surface area contributed by atoms with Gasteiger partial charge in [0.1, 0.15) is 5.82 Å². The molecule has 0 saturated heterocycles. The van der Waals surface area contributed by atoms with Gasteiger partial charge in [0.2, 0.25) is 5.91 Å².